The number of nitrogen functional groups attached to an aromatic ring is 1. The van der Waals surface area contributed by atoms with Crippen LogP contribution in [0.15, 0.2) is 29.2 Å². The van der Waals surface area contributed by atoms with Crippen molar-refractivity contribution in [3.05, 3.63) is 29.8 Å². The van der Waals surface area contributed by atoms with Crippen molar-refractivity contribution in [2.45, 2.75) is 4.90 Å². The van der Waals surface area contributed by atoms with Crippen molar-refractivity contribution in [3.8, 4) is 0 Å². The molecule has 1 rings (SSSR count). The third-order valence-electron chi connectivity index (χ3n) is 2.65. The van der Waals surface area contributed by atoms with Gasteiger partial charge in [0, 0.05) is 18.7 Å². The maximum absolute atomic E-state index is 12.0. The minimum atomic E-state index is -3.59. The van der Waals surface area contributed by atoms with E-state index in [1.807, 2.05) is 0 Å². The van der Waals surface area contributed by atoms with Crippen molar-refractivity contribution in [2.75, 3.05) is 39.5 Å². The van der Waals surface area contributed by atoms with Gasteiger partial charge in [0.05, 0.1) is 31.3 Å². The van der Waals surface area contributed by atoms with Gasteiger partial charge in [0.15, 0.2) is 0 Å². The highest BCUT2D eigenvalue weighted by molar-refractivity contribution is 7.89. The Hall–Kier alpha value is -1.52. The summed E-state index contributed by atoms with van der Waals surface area (Å²) in [6.45, 7) is 2.16. The first-order valence-electron chi connectivity index (χ1n) is 6.77. The fourth-order valence-corrected chi connectivity index (χ4v) is 2.56. The van der Waals surface area contributed by atoms with Gasteiger partial charge in [-0.3, -0.25) is 5.41 Å². The number of rotatable bonds is 11. The van der Waals surface area contributed by atoms with Crippen LogP contribution in [0.1, 0.15) is 5.56 Å². The predicted octanol–water partition coefficient (Wildman–Crippen LogP) is -0.759. The van der Waals surface area contributed by atoms with E-state index in [1.54, 1.807) is 0 Å². The molecule has 0 saturated carbocycles. The average molecular weight is 330 g/mol. The van der Waals surface area contributed by atoms with Crippen molar-refractivity contribution in [3.63, 3.8) is 0 Å². The average Bonchev–Trinajstić information content (AvgIpc) is 2.50. The molecule has 1 aromatic rings. The molecule has 1 aromatic carbocycles. The van der Waals surface area contributed by atoms with Crippen LogP contribution in [-0.2, 0) is 19.5 Å². The van der Waals surface area contributed by atoms with Gasteiger partial charge in [0.1, 0.15) is 5.84 Å². The summed E-state index contributed by atoms with van der Waals surface area (Å²) in [4.78, 5) is 0.115. The molecule has 0 heterocycles. The summed E-state index contributed by atoms with van der Waals surface area (Å²) in [5.41, 5.74) is 11.0. The van der Waals surface area contributed by atoms with Crippen LogP contribution in [-0.4, -0.2) is 53.8 Å². The van der Waals surface area contributed by atoms with Crippen LogP contribution in [0.3, 0.4) is 0 Å². The molecule has 124 valence electrons. The summed E-state index contributed by atoms with van der Waals surface area (Å²) in [5, 5.41) is 7.26. The van der Waals surface area contributed by atoms with Gasteiger partial charge < -0.3 is 20.9 Å². The van der Waals surface area contributed by atoms with Crippen LogP contribution in [0.25, 0.3) is 0 Å². The lowest BCUT2D eigenvalue weighted by atomic mass is 10.2. The summed E-state index contributed by atoms with van der Waals surface area (Å²) < 4.78 is 36.8. The second-order valence-corrected chi connectivity index (χ2v) is 6.12. The maximum atomic E-state index is 12.0. The SMILES string of the molecule is N=C(N)c1ccc(S(=O)(=O)NCCOCCOCCN)cc1. The summed E-state index contributed by atoms with van der Waals surface area (Å²) in [6, 6.07) is 5.78. The van der Waals surface area contributed by atoms with E-state index in [-0.39, 0.29) is 23.9 Å². The van der Waals surface area contributed by atoms with E-state index in [4.69, 9.17) is 26.4 Å². The molecule has 0 atom stereocenters. The molecule has 0 aromatic heterocycles. The lowest BCUT2D eigenvalue weighted by molar-refractivity contribution is 0.0530. The standard InChI is InChI=1S/C13H22N4O4S/c14-5-7-20-9-10-21-8-6-17-22(18,19)12-3-1-11(2-4-12)13(15)16/h1-4,17H,5-10,14H2,(H3,15,16). The Morgan fingerprint density at radius 1 is 1.09 bits per heavy atom. The predicted molar refractivity (Wildman–Crippen MR) is 83.3 cm³/mol. The zero-order chi connectivity index (χ0) is 16.4. The Bertz CT molecular complexity index is 560. The van der Waals surface area contributed by atoms with E-state index in [0.717, 1.165) is 0 Å². The third-order valence-corrected chi connectivity index (χ3v) is 4.13. The molecule has 0 amide bonds. The lowest BCUT2D eigenvalue weighted by Crippen LogP contribution is -2.28. The van der Waals surface area contributed by atoms with Gasteiger partial charge in [0.2, 0.25) is 10.0 Å². The summed E-state index contributed by atoms with van der Waals surface area (Å²) in [5.74, 6) is -0.109. The minimum Gasteiger partial charge on any atom is -0.384 e. The van der Waals surface area contributed by atoms with Gasteiger partial charge in [-0.1, -0.05) is 0 Å². The van der Waals surface area contributed by atoms with Crippen molar-refractivity contribution in [2.24, 2.45) is 11.5 Å². The number of nitrogens with two attached hydrogens (primary N) is 2. The summed E-state index contributed by atoms with van der Waals surface area (Å²) >= 11 is 0. The highest BCUT2D eigenvalue weighted by atomic mass is 32.2. The number of nitrogens with one attached hydrogen (secondary N) is 2. The number of hydrogen-bond donors (Lipinski definition) is 4. The van der Waals surface area contributed by atoms with E-state index >= 15 is 0 Å². The van der Waals surface area contributed by atoms with Gasteiger partial charge >= 0.3 is 0 Å². The smallest absolute Gasteiger partial charge is 0.240 e. The van der Waals surface area contributed by atoms with Crippen LogP contribution in [0.5, 0.6) is 0 Å². The van der Waals surface area contributed by atoms with E-state index in [9.17, 15) is 8.42 Å². The van der Waals surface area contributed by atoms with E-state index in [2.05, 4.69) is 4.72 Å². The van der Waals surface area contributed by atoms with Gasteiger partial charge in [-0.15, -0.1) is 0 Å². The van der Waals surface area contributed by atoms with Gasteiger partial charge in [0.25, 0.3) is 0 Å². The van der Waals surface area contributed by atoms with Crippen molar-refractivity contribution >= 4 is 15.9 Å². The minimum absolute atomic E-state index is 0.109. The lowest BCUT2D eigenvalue weighted by Gasteiger charge is -2.08. The Balaban J connectivity index is 2.33. The molecule has 6 N–H and O–H groups in total. The normalized spacial score (nSPS) is 11.5. The molecule has 0 fully saturated rings. The molecule has 0 radical (unpaired) electrons. The first-order valence-corrected chi connectivity index (χ1v) is 8.25. The molecule has 8 nitrogen and oxygen atoms in total. The van der Waals surface area contributed by atoms with Crippen LogP contribution < -0.4 is 16.2 Å². The molecule has 0 aliphatic rings. The van der Waals surface area contributed by atoms with Crippen molar-refractivity contribution in [1.82, 2.24) is 4.72 Å². The van der Waals surface area contributed by atoms with E-state index in [0.29, 0.717) is 31.9 Å². The molecule has 0 saturated heterocycles. The summed E-state index contributed by atoms with van der Waals surface area (Å²) in [7, 11) is -3.59. The molecule has 0 bridgehead atoms. The van der Waals surface area contributed by atoms with Crippen LogP contribution in [0.4, 0.5) is 0 Å². The second-order valence-electron chi connectivity index (χ2n) is 4.35. The largest absolute Gasteiger partial charge is 0.384 e. The van der Waals surface area contributed by atoms with E-state index in [1.165, 1.54) is 24.3 Å². The van der Waals surface area contributed by atoms with Crippen molar-refractivity contribution in [1.29, 1.82) is 5.41 Å². The molecule has 9 heteroatoms. The number of ether oxygens (including phenoxy) is 2. The highest BCUT2D eigenvalue weighted by Gasteiger charge is 2.13. The zero-order valence-electron chi connectivity index (χ0n) is 12.2. The highest BCUT2D eigenvalue weighted by Crippen LogP contribution is 2.09. The number of benzene rings is 1. The first kappa shape index (κ1) is 18.5. The molecule has 0 unspecified atom stereocenters. The molecular weight excluding hydrogens is 308 g/mol. The Morgan fingerprint density at radius 3 is 2.23 bits per heavy atom. The van der Waals surface area contributed by atoms with Gasteiger partial charge in [-0.2, -0.15) is 0 Å². The fourth-order valence-electron chi connectivity index (χ4n) is 1.55. The first-order chi connectivity index (χ1) is 10.5. The summed E-state index contributed by atoms with van der Waals surface area (Å²) in [6.07, 6.45) is 0. The quantitative estimate of drug-likeness (QED) is 0.239. The fraction of sp³-hybridized carbons (Fsp3) is 0.462. The van der Waals surface area contributed by atoms with Gasteiger partial charge in [-0.05, 0) is 24.3 Å². The molecule has 22 heavy (non-hydrogen) atoms. The van der Waals surface area contributed by atoms with Crippen molar-refractivity contribution < 1.29 is 17.9 Å². The monoisotopic (exact) mass is 330 g/mol. The van der Waals surface area contributed by atoms with Gasteiger partial charge in [-0.25, -0.2) is 13.1 Å². The Morgan fingerprint density at radius 2 is 1.68 bits per heavy atom. The molecular formula is C13H22N4O4S. The molecule has 0 spiro atoms. The maximum Gasteiger partial charge on any atom is 0.240 e. The zero-order valence-corrected chi connectivity index (χ0v) is 13.1. The third kappa shape index (κ3) is 6.50. The van der Waals surface area contributed by atoms with Crippen LogP contribution in [0.2, 0.25) is 0 Å². The topological polar surface area (TPSA) is 141 Å². The van der Waals surface area contributed by atoms with E-state index < -0.39 is 10.0 Å². The number of sulfonamides is 1. The van der Waals surface area contributed by atoms with Crippen LogP contribution >= 0.6 is 0 Å². The second kappa shape index (κ2) is 9.49. The Labute approximate surface area is 130 Å². The molecule has 0 aliphatic carbocycles. The Kier molecular flexibility index (Phi) is 7.99. The molecule has 0 aliphatic heterocycles. The van der Waals surface area contributed by atoms with Crippen LogP contribution in [0, 0.1) is 5.41 Å². The number of hydrogen-bond acceptors (Lipinski definition) is 6. The number of amidine groups is 1.